The molecule has 1 heterocycles. The van der Waals surface area contributed by atoms with Gasteiger partial charge in [0.2, 0.25) is 0 Å². The number of methoxy groups -OCH3 is 2. The lowest BCUT2D eigenvalue weighted by Crippen LogP contribution is -2.35. The zero-order valence-electron chi connectivity index (χ0n) is 23.8. The van der Waals surface area contributed by atoms with Crippen molar-refractivity contribution in [3.8, 4) is 17.2 Å². The highest BCUT2D eigenvalue weighted by Crippen LogP contribution is 2.31. The van der Waals surface area contributed by atoms with Crippen LogP contribution in [-0.4, -0.2) is 35.0 Å². The lowest BCUT2D eigenvalue weighted by molar-refractivity contribution is 0.247. The van der Waals surface area contributed by atoms with Crippen LogP contribution in [0.4, 0.5) is 10.5 Å². The Hall–Kier alpha value is -4.76. The summed E-state index contributed by atoms with van der Waals surface area (Å²) in [5.74, 6) is 2.49. The highest BCUT2D eigenvalue weighted by atomic mass is 32.2. The fourth-order valence-corrected chi connectivity index (χ4v) is 5.45. The molecular weight excluding hydrogens is 546 g/mol. The quantitative estimate of drug-likeness (QED) is 0.164. The highest BCUT2D eigenvalue weighted by Gasteiger charge is 2.25. The van der Waals surface area contributed by atoms with Gasteiger partial charge in [-0.25, -0.2) is 4.79 Å². The molecule has 4 aromatic carbocycles. The molecule has 1 aromatic heterocycles. The maximum atomic E-state index is 13.4. The molecule has 0 bridgehead atoms. The normalized spacial score (nSPS) is 11.5. The first kappa shape index (κ1) is 28.8. The van der Waals surface area contributed by atoms with Crippen molar-refractivity contribution in [2.75, 3.05) is 19.5 Å². The maximum Gasteiger partial charge on any atom is 0.319 e. The van der Waals surface area contributed by atoms with Crippen LogP contribution < -0.4 is 20.1 Å². The van der Waals surface area contributed by atoms with E-state index in [1.807, 2.05) is 53.1 Å². The van der Waals surface area contributed by atoms with Crippen molar-refractivity contribution in [3.63, 3.8) is 0 Å². The van der Waals surface area contributed by atoms with Gasteiger partial charge in [-0.15, -0.1) is 10.2 Å². The summed E-state index contributed by atoms with van der Waals surface area (Å²) in [5, 5.41) is 16.1. The first-order valence-corrected chi connectivity index (χ1v) is 14.5. The molecule has 5 rings (SSSR count). The van der Waals surface area contributed by atoms with Crippen LogP contribution >= 0.6 is 11.8 Å². The number of hydrogen-bond acceptors (Lipinski definition) is 6. The molecule has 0 fully saturated rings. The zero-order valence-corrected chi connectivity index (χ0v) is 24.6. The molecule has 1 unspecified atom stereocenters. The highest BCUT2D eigenvalue weighted by molar-refractivity contribution is 7.98. The number of urea groups is 1. The molecule has 0 aliphatic rings. The minimum Gasteiger partial charge on any atom is -0.497 e. The van der Waals surface area contributed by atoms with Crippen LogP contribution in [0.25, 0.3) is 5.69 Å². The number of anilines is 1. The van der Waals surface area contributed by atoms with Gasteiger partial charge < -0.3 is 20.1 Å². The molecule has 5 aromatic rings. The third kappa shape index (κ3) is 7.11. The van der Waals surface area contributed by atoms with Crippen molar-refractivity contribution >= 4 is 23.5 Å². The summed E-state index contributed by atoms with van der Waals surface area (Å²) >= 11 is 1.61. The van der Waals surface area contributed by atoms with Crippen LogP contribution in [0.5, 0.6) is 11.5 Å². The van der Waals surface area contributed by atoms with Gasteiger partial charge >= 0.3 is 6.03 Å². The number of amides is 2. The van der Waals surface area contributed by atoms with E-state index in [0.717, 1.165) is 27.7 Å². The Labute approximate surface area is 250 Å². The van der Waals surface area contributed by atoms with Crippen molar-refractivity contribution in [1.29, 1.82) is 0 Å². The van der Waals surface area contributed by atoms with Crippen LogP contribution in [0, 0.1) is 6.92 Å². The second-order valence-electron chi connectivity index (χ2n) is 9.69. The van der Waals surface area contributed by atoms with Crippen LogP contribution in [0.1, 0.15) is 28.6 Å². The number of carbonyl (C=O) groups is 1. The summed E-state index contributed by atoms with van der Waals surface area (Å²) in [6, 6.07) is 32.9. The van der Waals surface area contributed by atoms with E-state index in [-0.39, 0.29) is 0 Å². The van der Waals surface area contributed by atoms with Gasteiger partial charge in [-0.2, -0.15) is 0 Å². The predicted octanol–water partition coefficient (Wildman–Crippen LogP) is 6.99. The second-order valence-corrected chi connectivity index (χ2v) is 10.6. The fraction of sp³-hybridized carbons (Fsp3) is 0.182. The summed E-state index contributed by atoms with van der Waals surface area (Å²) in [6.07, 6.45) is 0.515. The van der Waals surface area contributed by atoms with Gasteiger partial charge in [0.25, 0.3) is 0 Å². The monoisotopic (exact) mass is 579 g/mol. The molecule has 0 aliphatic carbocycles. The van der Waals surface area contributed by atoms with Crippen LogP contribution in [0.2, 0.25) is 0 Å². The zero-order chi connectivity index (χ0) is 29.3. The topological polar surface area (TPSA) is 90.3 Å². The van der Waals surface area contributed by atoms with Crippen LogP contribution in [0.15, 0.2) is 108 Å². The number of aromatic nitrogens is 3. The number of rotatable bonds is 11. The number of ether oxygens (including phenoxy) is 2. The largest absolute Gasteiger partial charge is 0.497 e. The van der Waals surface area contributed by atoms with Crippen molar-refractivity contribution in [3.05, 3.63) is 126 Å². The molecule has 214 valence electrons. The van der Waals surface area contributed by atoms with E-state index in [2.05, 4.69) is 64.2 Å². The van der Waals surface area contributed by atoms with E-state index in [1.165, 1.54) is 5.56 Å². The standard InChI is InChI=1S/C33H33N5O3S/c1-23-14-16-26(17-15-23)38-31(36-37-33(38)42-22-25-12-8-5-9-13-25)29(20-24-10-6-4-7-11-24)35-32(39)34-28-19-18-27(40-2)21-30(28)41-3/h4-19,21,29H,20,22H2,1-3H3,(H2,34,35,39). The molecule has 2 amide bonds. The number of hydrogen-bond donors (Lipinski definition) is 2. The second kappa shape index (κ2) is 13.7. The van der Waals surface area contributed by atoms with E-state index in [1.54, 1.807) is 44.2 Å². The van der Waals surface area contributed by atoms with Gasteiger partial charge in [-0.05, 0) is 42.3 Å². The maximum absolute atomic E-state index is 13.4. The van der Waals surface area contributed by atoms with Crippen LogP contribution in [0.3, 0.4) is 0 Å². The summed E-state index contributed by atoms with van der Waals surface area (Å²) in [4.78, 5) is 13.4. The molecule has 0 spiro atoms. The average Bonchev–Trinajstić information content (AvgIpc) is 3.45. The first-order chi connectivity index (χ1) is 20.5. The molecule has 2 N–H and O–H groups in total. The third-order valence-electron chi connectivity index (χ3n) is 6.72. The van der Waals surface area contributed by atoms with Gasteiger partial charge in [0.05, 0.1) is 25.9 Å². The summed E-state index contributed by atoms with van der Waals surface area (Å²) in [6.45, 7) is 2.06. The number of nitrogens with one attached hydrogen (secondary N) is 2. The third-order valence-corrected chi connectivity index (χ3v) is 7.72. The SMILES string of the molecule is COc1ccc(NC(=O)NC(Cc2ccccc2)c2nnc(SCc3ccccc3)n2-c2ccc(C)cc2)c(OC)c1. The number of thioether (sulfide) groups is 1. The van der Waals surface area contributed by atoms with E-state index < -0.39 is 12.1 Å². The Balaban J connectivity index is 1.49. The van der Waals surface area contributed by atoms with Crippen molar-refractivity contribution in [2.24, 2.45) is 0 Å². The Morgan fingerprint density at radius 1 is 0.857 bits per heavy atom. The molecule has 0 saturated carbocycles. The molecule has 9 heteroatoms. The van der Waals surface area contributed by atoms with Crippen molar-refractivity contribution < 1.29 is 14.3 Å². The minimum atomic E-state index is -0.489. The molecule has 0 aliphatic heterocycles. The van der Waals surface area contributed by atoms with Gasteiger partial charge in [-0.1, -0.05) is 90.1 Å². The molecule has 42 heavy (non-hydrogen) atoms. The van der Waals surface area contributed by atoms with Gasteiger partial charge in [0.15, 0.2) is 11.0 Å². The number of benzene rings is 4. The fourth-order valence-electron chi connectivity index (χ4n) is 4.53. The summed E-state index contributed by atoms with van der Waals surface area (Å²) < 4.78 is 12.8. The summed E-state index contributed by atoms with van der Waals surface area (Å²) in [7, 11) is 3.13. The molecule has 0 saturated heterocycles. The molecule has 1 atom stereocenters. The minimum absolute atomic E-state index is 0.392. The lowest BCUT2D eigenvalue weighted by atomic mass is 10.1. The van der Waals surface area contributed by atoms with E-state index in [9.17, 15) is 4.79 Å². The Morgan fingerprint density at radius 3 is 2.21 bits per heavy atom. The molecule has 0 radical (unpaired) electrons. The molecular formula is C33H33N5O3S. The smallest absolute Gasteiger partial charge is 0.319 e. The van der Waals surface area contributed by atoms with Crippen LogP contribution in [-0.2, 0) is 12.2 Å². The van der Waals surface area contributed by atoms with E-state index in [0.29, 0.717) is 29.4 Å². The predicted molar refractivity (Wildman–Crippen MR) is 167 cm³/mol. The summed E-state index contributed by atoms with van der Waals surface area (Å²) in [5.41, 5.74) is 4.84. The Morgan fingerprint density at radius 2 is 1.55 bits per heavy atom. The number of nitrogens with zero attached hydrogens (tertiary/aromatic N) is 3. The number of aryl methyl sites for hydroxylation is 1. The van der Waals surface area contributed by atoms with Crippen molar-refractivity contribution in [2.45, 2.75) is 30.3 Å². The van der Waals surface area contributed by atoms with Gasteiger partial charge in [-0.3, -0.25) is 4.57 Å². The number of carbonyl (C=O) groups excluding carboxylic acids is 1. The molecule has 8 nitrogen and oxygen atoms in total. The van der Waals surface area contributed by atoms with Gasteiger partial charge in [0, 0.05) is 23.9 Å². The Kier molecular flexibility index (Phi) is 9.41. The van der Waals surface area contributed by atoms with E-state index in [4.69, 9.17) is 9.47 Å². The Bertz CT molecular complexity index is 1610. The first-order valence-electron chi connectivity index (χ1n) is 13.6. The van der Waals surface area contributed by atoms with Gasteiger partial charge in [0.1, 0.15) is 11.5 Å². The average molecular weight is 580 g/mol. The lowest BCUT2D eigenvalue weighted by Gasteiger charge is -2.21. The van der Waals surface area contributed by atoms with Crippen molar-refractivity contribution in [1.82, 2.24) is 20.1 Å². The van der Waals surface area contributed by atoms with E-state index >= 15 is 0 Å².